The lowest BCUT2D eigenvalue weighted by Crippen LogP contribution is -2.03. The average molecular weight is 275 g/mol. The van der Waals surface area contributed by atoms with Gasteiger partial charge in [0, 0.05) is 23.9 Å². The third-order valence-corrected chi connectivity index (χ3v) is 3.49. The molecule has 0 fully saturated rings. The van der Waals surface area contributed by atoms with Gasteiger partial charge in [-0.25, -0.2) is 13.4 Å². The summed E-state index contributed by atoms with van der Waals surface area (Å²) in [7, 11) is 3.26. The van der Waals surface area contributed by atoms with Gasteiger partial charge in [-0.1, -0.05) is 0 Å². The smallest absolute Gasteiger partial charge is 0.280 e. The van der Waals surface area contributed by atoms with Crippen LogP contribution in [0.2, 0.25) is 0 Å². The summed E-state index contributed by atoms with van der Waals surface area (Å²) < 4.78 is 25.5. The largest absolute Gasteiger partial charge is 0.330 e. The monoisotopic (exact) mass is 274 g/mol. The van der Waals surface area contributed by atoms with E-state index in [4.69, 9.17) is 10.7 Å². The molecule has 0 N–H and O–H groups in total. The van der Waals surface area contributed by atoms with Crippen LogP contribution in [-0.4, -0.2) is 27.7 Å². The molecule has 2 aromatic heterocycles. The van der Waals surface area contributed by atoms with Crippen molar-refractivity contribution >= 4 is 19.7 Å². The maximum absolute atomic E-state index is 11.0. The van der Waals surface area contributed by atoms with E-state index in [9.17, 15) is 8.42 Å². The van der Waals surface area contributed by atoms with Crippen LogP contribution in [-0.2, 0) is 22.6 Å². The van der Waals surface area contributed by atoms with E-state index in [1.54, 1.807) is 9.25 Å². The second-order valence-corrected chi connectivity index (χ2v) is 6.24. The van der Waals surface area contributed by atoms with Gasteiger partial charge in [0.15, 0.2) is 5.03 Å². The Bertz CT molecular complexity index is 644. The zero-order valence-corrected chi connectivity index (χ0v) is 10.9. The van der Waals surface area contributed by atoms with Crippen LogP contribution in [0, 0.1) is 6.92 Å². The van der Waals surface area contributed by atoms with Crippen molar-refractivity contribution in [1.82, 2.24) is 19.3 Å². The van der Waals surface area contributed by atoms with Gasteiger partial charge in [-0.15, -0.1) is 0 Å². The van der Waals surface area contributed by atoms with Crippen molar-refractivity contribution in [2.75, 3.05) is 0 Å². The van der Waals surface area contributed by atoms with Crippen LogP contribution in [0.4, 0.5) is 0 Å². The number of aromatic nitrogens is 4. The molecule has 0 atom stereocenters. The van der Waals surface area contributed by atoms with Crippen LogP contribution in [0.5, 0.6) is 0 Å². The number of imidazole rings is 1. The van der Waals surface area contributed by atoms with Gasteiger partial charge in [0.05, 0.1) is 24.3 Å². The molecule has 0 aliphatic carbocycles. The van der Waals surface area contributed by atoms with Gasteiger partial charge in [0.2, 0.25) is 0 Å². The molecular formula is C9H11ClN4O2S. The van der Waals surface area contributed by atoms with Crippen molar-refractivity contribution in [3.8, 4) is 0 Å². The topological polar surface area (TPSA) is 69.8 Å². The molecule has 92 valence electrons. The first-order valence-electron chi connectivity index (χ1n) is 4.82. The number of halogens is 1. The van der Waals surface area contributed by atoms with Crippen molar-refractivity contribution in [2.45, 2.75) is 18.5 Å². The van der Waals surface area contributed by atoms with Crippen LogP contribution in [0.25, 0.3) is 0 Å². The Morgan fingerprint density at radius 1 is 1.47 bits per heavy atom. The van der Waals surface area contributed by atoms with E-state index in [-0.39, 0.29) is 5.03 Å². The van der Waals surface area contributed by atoms with Gasteiger partial charge in [-0.3, -0.25) is 4.68 Å². The number of hydrogen-bond acceptors (Lipinski definition) is 4. The van der Waals surface area contributed by atoms with E-state index in [0.717, 1.165) is 11.4 Å². The molecule has 0 saturated heterocycles. The first kappa shape index (κ1) is 12.1. The van der Waals surface area contributed by atoms with Crippen LogP contribution >= 0.6 is 10.7 Å². The molecule has 2 heterocycles. The fraction of sp³-hybridized carbons (Fsp3) is 0.333. The van der Waals surface area contributed by atoms with Crippen LogP contribution < -0.4 is 0 Å². The Morgan fingerprint density at radius 3 is 2.65 bits per heavy atom. The highest BCUT2D eigenvalue weighted by Gasteiger charge is 2.14. The van der Waals surface area contributed by atoms with E-state index < -0.39 is 9.05 Å². The summed E-state index contributed by atoms with van der Waals surface area (Å²) in [5.74, 6) is 0. The minimum absolute atomic E-state index is 0.141. The third kappa shape index (κ3) is 2.67. The molecule has 17 heavy (non-hydrogen) atoms. The zero-order valence-electron chi connectivity index (χ0n) is 9.33. The molecule has 0 saturated carbocycles. The van der Waals surface area contributed by atoms with Gasteiger partial charge in [-0.2, -0.15) is 5.10 Å². The summed E-state index contributed by atoms with van der Waals surface area (Å²) in [5, 5.41) is 4.06. The van der Waals surface area contributed by atoms with Gasteiger partial charge in [0.1, 0.15) is 0 Å². The first-order chi connectivity index (χ1) is 7.86. The lowest BCUT2D eigenvalue weighted by atomic mass is 10.3. The molecule has 0 amide bonds. The first-order valence-corrected chi connectivity index (χ1v) is 7.13. The minimum Gasteiger partial charge on any atom is -0.330 e. The molecule has 0 unspecified atom stereocenters. The van der Waals surface area contributed by atoms with E-state index in [1.807, 2.05) is 20.0 Å². The SMILES string of the molecule is Cc1cc(Cn2cnc(S(=O)(=O)Cl)c2)n(C)n1. The maximum Gasteiger partial charge on any atom is 0.280 e. The highest BCUT2D eigenvalue weighted by molar-refractivity contribution is 8.13. The van der Waals surface area contributed by atoms with Gasteiger partial charge < -0.3 is 4.57 Å². The van der Waals surface area contributed by atoms with Crippen molar-refractivity contribution in [3.63, 3.8) is 0 Å². The van der Waals surface area contributed by atoms with Crippen LogP contribution in [0.3, 0.4) is 0 Å². The average Bonchev–Trinajstić information content (AvgIpc) is 2.74. The second-order valence-electron chi connectivity index (χ2n) is 3.72. The van der Waals surface area contributed by atoms with E-state index in [1.165, 1.54) is 12.5 Å². The molecule has 0 radical (unpaired) electrons. The quantitative estimate of drug-likeness (QED) is 0.780. The maximum atomic E-state index is 11.0. The number of aryl methyl sites for hydroxylation is 2. The Morgan fingerprint density at radius 2 is 2.18 bits per heavy atom. The van der Waals surface area contributed by atoms with Crippen molar-refractivity contribution in [3.05, 3.63) is 30.0 Å². The van der Waals surface area contributed by atoms with E-state index in [0.29, 0.717) is 6.54 Å². The molecule has 0 aliphatic rings. The molecule has 0 bridgehead atoms. The number of nitrogens with zero attached hydrogens (tertiary/aromatic N) is 4. The lowest BCUT2D eigenvalue weighted by Gasteiger charge is -2.01. The molecular weight excluding hydrogens is 264 g/mol. The Kier molecular flexibility index (Phi) is 2.96. The van der Waals surface area contributed by atoms with Crippen LogP contribution in [0.15, 0.2) is 23.6 Å². The summed E-state index contributed by atoms with van der Waals surface area (Å²) in [6.07, 6.45) is 2.82. The van der Waals surface area contributed by atoms with E-state index in [2.05, 4.69) is 10.1 Å². The predicted molar refractivity (Wildman–Crippen MR) is 62.3 cm³/mol. The molecule has 0 spiro atoms. The zero-order chi connectivity index (χ0) is 12.6. The highest BCUT2D eigenvalue weighted by Crippen LogP contribution is 2.12. The summed E-state index contributed by atoms with van der Waals surface area (Å²) in [5.41, 5.74) is 1.87. The predicted octanol–water partition coefficient (Wildman–Crippen LogP) is 0.901. The second kappa shape index (κ2) is 4.15. The minimum atomic E-state index is -3.76. The van der Waals surface area contributed by atoms with E-state index >= 15 is 0 Å². The van der Waals surface area contributed by atoms with Crippen LogP contribution in [0.1, 0.15) is 11.4 Å². The fourth-order valence-electron chi connectivity index (χ4n) is 1.55. The Balaban J connectivity index is 2.26. The standard InChI is InChI=1S/C9H11ClN4O2S/c1-7-3-8(13(2)12-7)4-14-5-9(11-6-14)17(10,15)16/h3,5-6H,4H2,1-2H3. The Hall–Kier alpha value is -1.34. The molecule has 6 nitrogen and oxygen atoms in total. The summed E-state index contributed by atoms with van der Waals surface area (Å²) in [6.45, 7) is 2.39. The van der Waals surface area contributed by atoms with Crippen molar-refractivity contribution < 1.29 is 8.42 Å². The summed E-state index contributed by atoms with van der Waals surface area (Å²) in [6, 6.07) is 1.93. The molecule has 8 heteroatoms. The van der Waals surface area contributed by atoms with Gasteiger partial charge in [0.25, 0.3) is 9.05 Å². The third-order valence-electron chi connectivity index (χ3n) is 2.30. The summed E-state index contributed by atoms with van der Waals surface area (Å²) in [4.78, 5) is 3.73. The normalized spacial score (nSPS) is 11.9. The summed E-state index contributed by atoms with van der Waals surface area (Å²) >= 11 is 0. The lowest BCUT2D eigenvalue weighted by molar-refractivity contribution is 0.606. The van der Waals surface area contributed by atoms with Crippen molar-refractivity contribution in [2.24, 2.45) is 7.05 Å². The number of hydrogen-bond donors (Lipinski definition) is 0. The van der Waals surface area contributed by atoms with Gasteiger partial charge in [-0.05, 0) is 13.0 Å². The molecule has 0 aromatic carbocycles. The molecule has 2 rings (SSSR count). The molecule has 2 aromatic rings. The number of rotatable bonds is 3. The van der Waals surface area contributed by atoms with Crippen molar-refractivity contribution in [1.29, 1.82) is 0 Å². The molecule has 0 aliphatic heterocycles. The Labute approximate surface area is 103 Å². The fourth-order valence-corrected chi connectivity index (χ4v) is 2.22. The highest BCUT2D eigenvalue weighted by atomic mass is 35.7. The van der Waals surface area contributed by atoms with Gasteiger partial charge >= 0.3 is 0 Å².